The minimum atomic E-state index is -0.897. The predicted octanol–water partition coefficient (Wildman–Crippen LogP) is 2.60. The fourth-order valence-electron chi connectivity index (χ4n) is 3.00. The molecule has 2 atom stereocenters. The minimum Gasteiger partial charge on any atom is -0.444 e. The van der Waals surface area contributed by atoms with Gasteiger partial charge in [-0.15, -0.1) is 0 Å². The largest absolute Gasteiger partial charge is 0.444 e. The quantitative estimate of drug-likeness (QED) is 0.825. The van der Waals surface area contributed by atoms with E-state index in [1.54, 1.807) is 45.0 Å². The smallest absolute Gasteiger partial charge is 0.410 e. The molecule has 3 rings (SSSR count). The first-order valence-electron chi connectivity index (χ1n) is 9.31. The number of nitrogens with zero attached hydrogens (tertiary/aromatic N) is 2. The number of aliphatic hydroxyl groups excluding tert-OH is 1. The van der Waals surface area contributed by atoms with Crippen molar-refractivity contribution >= 4 is 12.0 Å². The van der Waals surface area contributed by atoms with Gasteiger partial charge in [-0.1, -0.05) is 12.1 Å². The van der Waals surface area contributed by atoms with Crippen LogP contribution < -0.4 is 5.32 Å². The first kappa shape index (κ1) is 20.7. The fourth-order valence-corrected chi connectivity index (χ4v) is 3.00. The van der Waals surface area contributed by atoms with Gasteiger partial charge in [-0.3, -0.25) is 9.78 Å². The van der Waals surface area contributed by atoms with Crippen molar-refractivity contribution in [3.8, 4) is 11.3 Å². The number of hydrogen-bond acceptors (Lipinski definition) is 5. The van der Waals surface area contributed by atoms with Crippen LogP contribution in [0.25, 0.3) is 11.3 Å². The number of carbonyl (C=O) groups is 2. The number of ether oxygens (including phenoxy) is 1. The molecule has 1 unspecified atom stereocenters. The topological polar surface area (TPSA) is 91.8 Å². The second-order valence-electron chi connectivity index (χ2n) is 7.98. The number of aromatic nitrogens is 1. The number of likely N-dealkylation sites (tertiary alicyclic amines) is 1. The first-order chi connectivity index (χ1) is 13.6. The number of pyridine rings is 1. The number of nitrogens with one attached hydrogen (secondary N) is 1. The molecule has 0 bridgehead atoms. The first-order valence-corrected chi connectivity index (χ1v) is 9.31. The molecule has 7 nitrogen and oxygen atoms in total. The maximum Gasteiger partial charge on any atom is 0.410 e. The molecule has 0 aliphatic carbocycles. The summed E-state index contributed by atoms with van der Waals surface area (Å²) >= 11 is 0. The predicted molar refractivity (Wildman–Crippen MR) is 105 cm³/mol. The lowest BCUT2D eigenvalue weighted by molar-refractivity contribution is 0.0269. The van der Waals surface area contributed by atoms with Crippen molar-refractivity contribution in [2.75, 3.05) is 13.1 Å². The standard InChI is InChI=1S/C21H24FN3O4/c1-21(2,3)29-20(28)25-11-17(18(26)12-25)24-19(27)14-7-8-16(23-10-14)13-5-4-6-15(22)9-13/h4-10,17-18,26H,11-12H2,1-3H3,(H,24,27)/t17?,18-/m0/s1. The zero-order valence-electron chi connectivity index (χ0n) is 16.6. The van der Waals surface area contributed by atoms with E-state index < -0.39 is 29.7 Å². The number of carbonyl (C=O) groups excluding carboxylic acids is 2. The zero-order chi connectivity index (χ0) is 21.2. The van der Waals surface area contributed by atoms with E-state index >= 15 is 0 Å². The average molecular weight is 401 g/mol. The van der Waals surface area contributed by atoms with Crippen LogP contribution >= 0.6 is 0 Å². The number of benzene rings is 1. The second-order valence-corrected chi connectivity index (χ2v) is 7.98. The maximum absolute atomic E-state index is 13.4. The molecular weight excluding hydrogens is 377 g/mol. The van der Waals surface area contributed by atoms with Gasteiger partial charge >= 0.3 is 6.09 Å². The van der Waals surface area contributed by atoms with Crippen molar-refractivity contribution in [2.24, 2.45) is 0 Å². The molecule has 154 valence electrons. The number of β-amino-alcohol motifs (C(OH)–C–C–N with tert-alkyl or cyclic N) is 1. The molecule has 2 aromatic rings. The number of halogens is 1. The van der Waals surface area contributed by atoms with Crippen LogP contribution in [0.4, 0.5) is 9.18 Å². The molecule has 1 saturated heterocycles. The molecule has 0 radical (unpaired) electrons. The normalized spacial score (nSPS) is 19.1. The molecule has 0 spiro atoms. The number of hydrogen-bond donors (Lipinski definition) is 2. The summed E-state index contributed by atoms with van der Waals surface area (Å²) in [6.45, 7) is 5.51. The molecule has 29 heavy (non-hydrogen) atoms. The Morgan fingerprint density at radius 3 is 2.62 bits per heavy atom. The lowest BCUT2D eigenvalue weighted by Crippen LogP contribution is -2.43. The molecule has 2 amide bonds. The number of aliphatic hydroxyl groups is 1. The van der Waals surface area contributed by atoms with Gasteiger partial charge in [-0.2, -0.15) is 0 Å². The Balaban J connectivity index is 1.62. The highest BCUT2D eigenvalue weighted by atomic mass is 19.1. The lowest BCUT2D eigenvalue weighted by atomic mass is 10.1. The van der Waals surface area contributed by atoms with Crippen LogP contribution in [0.5, 0.6) is 0 Å². The van der Waals surface area contributed by atoms with Crippen LogP contribution in [0.3, 0.4) is 0 Å². The minimum absolute atomic E-state index is 0.0800. The highest BCUT2D eigenvalue weighted by molar-refractivity contribution is 5.94. The summed E-state index contributed by atoms with van der Waals surface area (Å²) in [5.41, 5.74) is 0.806. The van der Waals surface area contributed by atoms with Gasteiger partial charge in [0.05, 0.1) is 29.9 Å². The van der Waals surface area contributed by atoms with E-state index in [1.807, 2.05) is 0 Å². The Kier molecular flexibility index (Phi) is 5.83. The van der Waals surface area contributed by atoms with Crippen LogP contribution in [-0.4, -0.2) is 57.8 Å². The van der Waals surface area contributed by atoms with E-state index in [4.69, 9.17) is 4.74 Å². The van der Waals surface area contributed by atoms with E-state index in [0.29, 0.717) is 16.8 Å². The van der Waals surface area contributed by atoms with Crippen LogP contribution in [-0.2, 0) is 4.74 Å². The Bertz CT molecular complexity index is 896. The molecule has 1 aliphatic heterocycles. The molecular formula is C21H24FN3O4. The summed E-state index contributed by atoms with van der Waals surface area (Å²) in [4.78, 5) is 30.2. The van der Waals surface area contributed by atoms with Gasteiger partial charge in [0.15, 0.2) is 0 Å². The summed E-state index contributed by atoms with van der Waals surface area (Å²) in [6.07, 6.45) is -0.0388. The zero-order valence-corrected chi connectivity index (χ0v) is 16.6. The van der Waals surface area contributed by atoms with Crippen LogP contribution in [0.1, 0.15) is 31.1 Å². The van der Waals surface area contributed by atoms with Crippen molar-refractivity contribution in [2.45, 2.75) is 38.5 Å². The average Bonchev–Trinajstić information content (AvgIpc) is 3.01. The van der Waals surface area contributed by atoms with Crippen LogP contribution in [0.15, 0.2) is 42.6 Å². The van der Waals surface area contributed by atoms with Crippen molar-refractivity contribution in [3.63, 3.8) is 0 Å². The lowest BCUT2D eigenvalue weighted by Gasteiger charge is -2.24. The van der Waals surface area contributed by atoms with E-state index in [2.05, 4.69) is 10.3 Å². The third-order valence-electron chi connectivity index (χ3n) is 4.40. The molecule has 2 N–H and O–H groups in total. The monoisotopic (exact) mass is 401 g/mol. The SMILES string of the molecule is CC(C)(C)OC(=O)N1CC(NC(=O)c2ccc(-c3cccc(F)c3)nc2)[C@@H](O)C1. The van der Waals surface area contributed by atoms with Crippen molar-refractivity contribution in [3.05, 3.63) is 54.0 Å². The summed E-state index contributed by atoms with van der Waals surface area (Å²) < 4.78 is 18.6. The van der Waals surface area contributed by atoms with Crippen molar-refractivity contribution < 1.29 is 23.8 Å². The number of amides is 2. The highest BCUT2D eigenvalue weighted by Gasteiger charge is 2.37. The van der Waals surface area contributed by atoms with E-state index in [-0.39, 0.29) is 18.9 Å². The summed E-state index contributed by atoms with van der Waals surface area (Å²) in [5, 5.41) is 12.9. The van der Waals surface area contributed by atoms with Gasteiger partial charge in [0.2, 0.25) is 0 Å². The van der Waals surface area contributed by atoms with Gasteiger partial charge in [-0.25, -0.2) is 9.18 Å². The van der Waals surface area contributed by atoms with Gasteiger partial charge in [0.1, 0.15) is 11.4 Å². The molecule has 2 heterocycles. The van der Waals surface area contributed by atoms with E-state index in [0.717, 1.165) is 0 Å². The summed E-state index contributed by atoms with van der Waals surface area (Å²) in [6, 6.07) is 8.62. The molecule has 1 aromatic heterocycles. The molecule has 8 heteroatoms. The maximum atomic E-state index is 13.4. The van der Waals surface area contributed by atoms with Gasteiger partial charge in [0, 0.05) is 18.3 Å². The Hall–Kier alpha value is -3.00. The Morgan fingerprint density at radius 1 is 1.24 bits per heavy atom. The Morgan fingerprint density at radius 2 is 2.00 bits per heavy atom. The molecule has 1 aliphatic rings. The third-order valence-corrected chi connectivity index (χ3v) is 4.40. The third kappa shape index (κ3) is 5.29. The second kappa shape index (κ2) is 8.16. The summed E-state index contributed by atoms with van der Waals surface area (Å²) in [7, 11) is 0. The number of rotatable bonds is 3. The van der Waals surface area contributed by atoms with E-state index in [1.165, 1.54) is 23.2 Å². The fraction of sp³-hybridized carbons (Fsp3) is 0.381. The van der Waals surface area contributed by atoms with Crippen molar-refractivity contribution in [1.82, 2.24) is 15.2 Å². The molecule has 1 aromatic carbocycles. The van der Waals surface area contributed by atoms with Gasteiger partial charge in [0.25, 0.3) is 5.91 Å². The summed E-state index contributed by atoms with van der Waals surface area (Å²) in [5.74, 6) is -0.783. The van der Waals surface area contributed by atoms with E-state index in [9.17, 15) is 19.1 Å². The molecule has 1 fully saturated rings. The van der Waals surface area contributed by atoms with Gasteiger partial charge in [-0.05, 0) is 45.0 Å². The van der Waals surface area contributed by atoms with Crippen LogP contribution in [0, 0.1) is 5.82 Å². The van der Waals surface area contributed by atoms with Crippen LogP contribution in [0.2, 0.25) is 0 Å². The van der Waals surface area contributed by atoms with Gasteiger partial charge < -0.3 is 20.1 Å². The van der Waals surface area contributed by atoms with Crippen molar-refractivity contribution in [1.29, 1.82) is 0 Å². The highest BCUT2D eigenvalue weighted by Crippen LogP contribution is 2.19. The molecule has 0 saturated carbocycles. The Labute approximate surface area is 168 Å².